The number of hydrogen-bond donors (Lipinski definition) is 2. The zero-order valence-corrected chi connectivity index (χ0v) is 13.4. The van der Waals surface area contributed by atoms with Crippen LogP contribution >= 0.6 is 22.9 Å². The van der Waals surface area contributed by atoms with Gasteiger partial charge in [-0.3, -0.25) is 10.1 Å². The summed E-state index contributed by atoms with van der Waals surface area (Å²) in [6.07, 6.45) is 0.843. The number of hydrogen-bond acceptors (Lipinski definition) is 5. The fourth-order valence-electron chi connectivity index (χ4n) is 1.72. The molecule has 112 valence electrons. The van der Waals surface area contributed by atoms with E-state index in [9.17, 15) is 4.79 Å². The molecular formula is C14H17ClN4OS. The lowest BCUT2D eigenvalue weighted by atomic mass is 10.00. The van der Waals surface area contributed by atoms with Gasteiger partial charge in [-0.2, -0.15) is 0 Å². The van der Waals surface area contributed by atoms with E-state index in [4.69, 9.17) is 17.3 Å². The Labute approximate surface area is 132 Å². The van der Waals surface area contributed by atoms with Crippen molar-refractivity contribution in [1.82, 2.24) is 10.2 Å². The molecule has 0 saturated carbocycles. The number of carbonyl (C=O) groups is 1. The van der Waals surface area contributed by atoms with Crippen LogP contribution in [-0.4, -0.2) is 22.1 Å². The van der Waals surface area contributed by atoms with E-state index >= 15 is 0 Å². The summed E-state index contributed by atoms with van der Waals surface area (Å²) in [7, 11) is 0. The summed E-state index contributed by atoms with van der Waals surface area (Å²) in [5.41, 5.74) is 6.68. The molecule has 0 aliphatic carbocycles. The van der Waals surface area contributed by atoms with Gasteiger partial charge in [0.1, 0.15) is 0 Å². The molecule has 0 radical (unpaired) electrons. The predicted octanol–water partition coefficient (Wildman–Crippen LogP) is 3.17. The van der Waals surface area contributed by atoms with E-state index in [0.29, 0.717) is 15.2 Å². The highest BCUT2D eigenvalue weighted by Crippen LogP contribution is 2.31. The van der Waals surface area contributed by atoms with Crippen LogP contribution in [0.1, 0.15) is 20.3 Å². The number of amides is 1. The fraction of sp³-hybridized carbons (Fsp3) is 0.357. The van der Waals surface area contributed by atoms with E-state index < -0.39 is 6.04 Å². The van der Waals surface area contributed by atoms with Crippen molar-refractivity contribution in [2.24, 2.45) is 11.7 Å². The minimum absolute atomic E-state index is 0.112. The van der Waals surface area contributed by atoms with E-state index in [1.165, 1.54) is 11.3 Å². The maximum absolute atomic E-state index is 12.0. The first-order valence-corrected chi connectivity index (χ1v) is 7.87. The summed E-state index contributed by atoms with van der Waals surface area (Å²) in [5, 5.41) is 12.4. The lowest BCUT2D eigenvalue weighted by Gasteiger charge is -2.16. The minimum atomic E-state index is -0.553. The quantitative estimate of drug-likeness (QED) is 0.885. The highest BCUT2D eigenvalue weighted by atomic mass is 35.5. The van der Waals surface area contributed by atoms with Gasteiger partial charge in [-0.05, 0) is 12.0 Å². The molecule has 1 aromatic carbocycles. The first-order chi connectivity index (χ1) is 10.0. The molecule has 0 fully saturated rings. The minimum Gasteiger partial charge on any atom is -0.320 e. The van der Waals surface area contributed by atoms with Crippen molar-refractivity contribution < 1.29 is 4.79 Å². The van der Waals surface area contributed by atoms with Crippen LogP contribution in [0.3, 0.4) is 0 Å². The smallest absolute Gasteiger partial charge is 0.243 e. The zero-order valence-electron chi connectivity index (χ0n) is 11.8. The second-order valence-electron chi connectivity index (χ2n) is 4.79. The number of nitrogens with zero attached hydrogens (tertiary/aromatic N) is 2. The highest BCUT2D eigenvalue weighted by molar-refractivity contribution is 7.18. The van der Waals surface area contributed by atoms with Crippen molar-refractivity contribution in [3.05, 3.63) is 29.3 Å². The molecular weight excluding hydrogens is 308 g/mol. The average Bonchev–Trinajstić information content (AvgIpc) is 2.94. The van der Waals surface area contributed by atoms with Gasteiger partial charge in [-0.25, -0.2) is 0 Å². The summed E-state index contributed by atoms with van der Waals surface area (Å²) < 4.78 is 0. The van der Waals surface area contributed by atoms with Crippen LogP contribution in [0.15, 0.2) is 24.3 Å². The Hall–Kier alpha value is -1.50. The number of halogens is 1. The molecule has 1 heterocycles. The van der Waals surface area contributed by atoms with E-state index in [1.807, 2.05) is 32.0 Å². The van der Waals surface area contributed by atoms with E-state index in [0.717, 1.165) is 12.0 Å². The van der Waals surface area contributed by atoms with Crippen LogP contribution < -0.4 is 11.1 Å². The lowest BCUT2D eigenvalue weighted by Crippen LogP contribution is -2.40. The number of nitrogens with two attached hydrogens (primary N) is 1. The van der Waals surface area contributed by atoms with Gasteiger partial charge in [-0.1, -0.05) is 61.4 Å². The molecule has 0 spiro atoms. The van der Waals surface area contributed by atoms with Crippen molar-refractivity contribution in [2.45, 2.75) is 26.3 Å². The first kappa shape index (κ1) is 15.9. The number of carbonyl (C=O) groups excluding carboxylic acids is 1. The molecule has 0 aliphatic rings. The Balaban J connectivity index is 2.11. The molecule has 0 saturated heterocycles. The molecule has 5 nitrogen and oxygen atoms in total. The summed E-state index contributed by atoms with van der Waals surface area (Å²) >= 11 is 7.39. The van der Waals surface area contributed by atoms with Gasteiger partial charge in [0.15, 0.2) is 5.01 Å². The van der Waals surface area contributed by atoms with Gasteiger partial charge in [0.25, 0.3) is 0 Å². The highest BCUT2D eigenvalue weighted by Gasteiger charge is 2.21. The van der Waals surface area contributed by atoms with Gasteiger partial charge >= 0.3 is 0 Å². The van der Waals surface area contributed by atoms with E-state index in [2.05, 4.69) is 15.5 Å². The zero-order chi connectivity index (χ0) is 15.4. The Kier molecular flexibility index (Phi) is 5.27. The van der Waals surface area contributed by atoms with Crippen molar-refractivity contribution in [3.8, 4) is 10.6 Å². The molecule has 0 bridgehead atoms. The average molecular weight is 325 g/mol. The molecule has 0 aliphatic heterocycles. The van der Waals surface area contributed by atoms with Crippen molar-refractivity contribution in [2.75, 3.05) is 5.32 Å². The molecule has 2 unspecified atom stereocenters. The second-order valence-corrected chi connectivity index (χ2v) is 6.18. The molecule has 2 aromatic rings. The SMILES string of the molecule is CCC(C)C(N)C(=O)Nc1nnc(-c2ccccc2Cl)s1. The Morgan fingerprint density at radius 1 is 1.43 bits per heavy atom. The summed E-state index contributed by atoms with van der Waals surface area (Å²) in [6.45, 7) is 3.94. The number of aromatic nitrogens is 2. The molecule has 1 aromatic heterocycles. The number of nitrogens with one attached hydrogen (secondary N) is 1. The van der Waals surface area contributed by atoms with Gasteiger partial charge in [0.05, 0.1) is 11.1 Å². The van der Waals surface area contributed by atoms with Crippen molar-refractivity contribution in [3.63, 3.8) is 0 Å². The standard InChI is InChI=1S/C14H17ClN4OS/c1-3-8(2)11(16)12(20)17-14-19-18-13(21-14)9-6-4-5-7-10(9)15/h4-8,11H,3,16H2,1-2H3,(H,17,19,20). The van der Waals surface area contributed by atoms with Crippen molar-refractivity contribution >= 4 is 34.0 Å². The van der Waals surface area contributed by atoms with Crippen LogP contribution in [-0.2, 0) is 4.79 Å². The van der Waals surface area contributed by atoms with E-state index in [1.54, 1.807) is 6.07 Å². The molecule has 3 N–H and O–H groups in total. The number of rotatable bonds is 5. The van der Waals surface area contributed by atoms with Gasteiger partial charge in [-0.15, -0.1) is 10.2 Å². The lowest BCUT2D eigenvalue weighted by molar-refractivity contribution is -0.118. The van der Waals surface area contributed by atoms with Crippen LogP contribution in [0.25, 0.3) is 10.6 Å². The van der Waals surface area contributed by atoms with Crippen molar-refractivity contribution in [1.29, 1.82) is 0 Å². The molecule has 2 atom stereocenters. The molecule has 7 heteroatoms. The summed E-state index contributed by atoms with van der Waals surface area (Å²) in [5.74, 6) is -0.132. The Morgan fingerprint density at radius 2 is 2.14 bits per heavy atom. The topological polar surface area (TPSA) is 80.9 Å². The van der Waals surface area contributed by atoms with Gasteiger partial charge < -0.3 is 5.73 Å². The normalized spacial score (nSPS) is 13.7. The fourth-order valence-corrected chi connectivity index (χ4v) is 2.79. The second kappa shape index (κ2) is 6.98. The van der Waals surface area contributed by atoms with Gasteiger partial charge in [0, 0.05) is 5.56 Å². The maximum Gasteiger partial charge on any atom is 0.243 e. The predicted molar refractivity (Wildman–Crippen MR) is 86.4 cm³/mol. The molecule has 21 heavy (non-hydrogen) atoms. The third kappa shape index (κ3) is 3.78. The summed E-state index contributed by atoms with van der Waals surface area (Å²) in [4.78, 5) is 12.0. The first-order valence-electron chi connectivity index (χ1n) is 6.67. The van der Waals surface area contributed by atoms with Crippen LogP contribution in [0, 0.1) is 5.92 Å². The van der Waals surface area contributed by atoms with E-state index in [-0.39, 0.29) is 11.8 Å². The molecule has 1 amide bonds. The third-order valence-electron chi connectivity index (χ3n) is 3.32. The summed E-state index contributed by atoms with van der Waals surface area (Å²) in [6, 6.07) is 6.82. The Morgan fingerprint density at radius 3 is 2.81 bits per heavy atom. The van der Waals surface area contributed by atoms with Crippen LogP contribution in [0.2, 0.25) is 5.02 Å². The number of anilines is 1. The third-order valence-corrected chi connectivity index (χ3v) is 4.52. The van der Waals surface area contributed by atoms with Crippen LogP contribution in [0.4, 0.5) is 5.13 Å². The monoisotopic (exact) mass is 324 g/mol. The Bertz CT molecular complexity index is 631. The maximum atomic E-state index is 12.0. The van der Waals surface area contributed by atoms with Crippen LogP contribution in [0.5, 0.6) is 0 Å². The largest absolute Gasteiger partial charge is 0.320 e. The molecule has 2 rings (SSSR count). The van der Waals surface area contributed by atoms with Gasteiger partial charge in [0.2, 0.25) is 11.0 Å². The number of benzene rings is 1.